The average molecular weight is 369 g/mol. The van der Waals surface area contributed by atoms with Crippen molar-refractivity contribution in [3.63, 3.8) is 0 Å². The molecular formula is C17H24N2O3S2. The van der Waals surface area contributed by atoms with Crippen LogP contribution in [0.4, 0.5) is 5.00 Å². The molecule has 24 heavy (non-hydrogen) atoms. The second-order valence-corrected chi connectivity index (χ2v) is 7.99. The minimum Gasteiger partial charge on any atom is -0.465 e. The molecule has 2 atom stereocenters. The summed E-state index contributed by atoms with van der Waals surface area (Å²) in [7, 11) is 1.43. The van der Waals surface area contributed by atoms with E-state index in [0.29, 0.717) is 10.7 Å². The molecule has 2 heterocycles. The van der Waals surface area contributed by atoms with Gasteiger partial charge in [0.05, 0.1) is 24.9 Å². The van der Waals surface area contributed by atoms with Crippen molar-refractivity contribution in [2.75, 3.05) is 25.5 Å². The highest BCUT2D eigenvalue weighted by molar-refractivity contribution is 7.80. The van der Waals surface area contributed by atoms with E-state index in [1.165, 1.54) is 18.4 Å². The lowest BCUT2D eigenvalue weighted by atomic mass is 9.95. The number of aryl methyl sites for hydroxylation is 1. The zero-order valence-electron chi connectivity index (χ0n) is 14.4. The molecule has 0 aromatic carbocycles. The van der Waals surface area contributed by atoms with Gasteiger partial charge in [-0.25, -0.2) is 4.79 Å². The van der Waals surface area contributed by atoms with E-state index < -0.39 is 0 Å². The van der Waals surface area contributed by atoms with Gasteiger partial charge < -0.3 is 19.7 Å². The Bertz CT molecular complexity index is 634. The number of thiocarbonyl (C=S) groups is 1. The number of carbonyl (C=O) groups excluding carboxylic acids is 1. The molecule has 1 aromatic heterocycles. The molecule has 1 aliphatic carbocycles. The van der Waals surface area contributed by atoms with Crippen molar-refractivity contribution in [3.05, 3.63) is 16.0 Å². The Morgan fingerprint density at radius 2 is 1.96 bits per heavy atom. The van der Waals surface area contributed by atoms with E-state index in [-0.39, 0.29) is 18.2 Å². The van der Waals surface area contributed by atoms with Gasteiger partial charge in [0.1, 0.15) is 5.00 Å². The molecule has 2 aliphatic rings. The van der Waals surface area contributed by atoms with Crippen LogP contribution in [-0.2, 0) is 22.3 Å². The Kier molecular flexibility index (Phi) is 5.42. The summed E-state index contributed by atoms with van der Waals surface area (Å²) < 4.78 is 10.8. The Morgan fingerprint density at radius 3 is 2.62 bits per heavy atom. The van der Waals surface area contributed by atoms with Crippen molar-refractivity contribution >= 4 is 39.6 Å². The van der Waals surface area contributed by atoms with Crippen molar-refractivity contribution in [1.29, 1.82) is 0 Å². The second kappa shape index (κ2) is 7.37. The fraction of sp³-hybridized carbons (Fsp3) is 0.647. The quantitative estimate of drug-likeness (QED) is 0.639. The van der Waals surface area contributed by atoms with Crippen molar-refractivity contribution in [1.82, 2.24) is 4.90 Å². The number of morpholine rings is 1. The van der Waals surface area contributed by atoms with Gasteiger partial charge in [-0.15, -0.1) is 11.3 Å². The SMILES string of the molecule is COC(=O)c1c(NC(=S)N2CC(C)OC(C)C2)sc2c1CCCC2. The first-order chi connectivity index (χ1) is 11.5. The van der Waals surface area contributed by atoms with Gasteiger partial charge in [0.2, 0.25) is 0 Å². The molecule has 0 saturated carbocycles. The lowest BCUT2D eigenvalue weighted by molar-refractivity contribution is -0.0473. The van der Waals surface area contributed by atoms with Crippen LogP contribution in [0.2, 0.25) is 0 Å². The summed E-state index contributed by atoms with van der Waals surface area (Å²) in [5.74, 6) is -0.275. The molecule has 1 N–H and O–H groups in total. The molecule has 3 rings (SSSR count). The van der Waals surface area contributed by atoms with Crippen LogP contribution < -0.4 is 5.32 Å². The van der Waals surface area contributed by atoms with E-state index >= 15 is 0 Å². The summed E-state index contributed by atoms with van der Waals surface area (Å²) in [6.45, 7) is 5.62. The number of rotatable bonds is 2. The van der Waals surface area contributed by atoms with E-state index in [2.05, 4.69) is 24.1 Å². The minimum absolute atomic E-state index is 0.144. The van der Waals surface area contributed by atoms with Crippen molar-refractivity contribution < 1.29 is 14.3 Å². The Labute approximate surface area is 152 Å². The summed E-state index contributed by atoms with van der Waals surface area (Å²) >= 11 is 7.24. The molecule has 1 aromatic rings. The maximum Gasteiger partial charge on any atom is 0.341 e. The molecule has 1 fully saturated rings. The standard InChI is InChI=1S/C17H24N2O3S2/c1-10-8-19(9-11(2)22-10)17(23)18-15-14(16(20)21-3)12-6-4-5-7-13(12)24-15/h10-11H,4-9H2,1-3H3,(H,18,23). The molecule has 7 heteroatoms. The Morgan fingerprint density at radius 1 is 1.29 bits per heavy atom. The van der Waals surface area contributed by atoms with Gasteiger partial charge >= 0.3 is 5.97 Å². The van der Waals surface area contributed by atoms with Crippen LogP contribution >= 0.6 is 23.6 Å². The van der Waals surface area contributed by atoms with E-state index in [0.717, 1.165) is 42.9 Å². The molecule has 2 unspecified atom stereocenters. The van der Waals surface area contributed by atoms with Gasteiger partial charge in [0.25, 0.3) is 0 Å². The van der Waals surface area contributed by atoms with Gasteiger partial charge in [-0.3, -0.25) is 0 Å². The number of carbonyl (C=O) groups is 1. The van der Waals surface area contributed by atoms with E-state index in [9.17, 15) is 4.79 Å². The van der Waals surface area contributed by atoms with Crippen LogP contribution in [0.25, 0.3) is 0 Å². The minimum atomic E-state index is -0.275. The number of thiophene rings is 1. The molecule has 0 radical (unpaired) electrons. The summed E-state index contributed by atoms with van der Waals surface area (Å²) in [6.07, 6.45) is 4.56. The van der Waals surface area contributed by atoms with Gasteiger partial charge in [0, 0.05) is 18.0 Å². The molecule has 0 amide bonds. The van der Waals surface area contributed by atoms with Crippen molar-refractivity contribution in [2.24, 2.45) is 0 Å². The van der Waals surface area contributed by atoms with Crippen LogP contribution in [0.3, 0.4) is 0 Å². The number of ether oxygens (including phenoxy) is 2. The number of hydrogen-bond donors (Lipinski definition) is 1. The van der Waals surface area contributed by atoms with E-state index in [4.69, 9.17) is 21.7 Å². The zero-order valence-corrected chi connectivity index (χ0v) is 16.0. The topological polar surface area (TPSA) is 50.8 Å². The molecule has 5 nitrogen and oxygen atoms in total. The first kappa shape index (κ1) is 17.6. The van der Waals surface area contributed by atoms with Gasteiger partial charge in [-0.1, -0.05) is 0 Å². The number of fused-ring (bicyclic) bond motifs is 1. The third-order valence-corrected chi connectivity index (χ3v) is 6.06. The van der Waals surface area contributed by atoms with Crippen LogP contribution in [0.1, 0.15) is 47.5 Å². The van der Waals surface area contributed by atoms with Crippen LogP contribution in [0.15, 0.2) is 0 Å². The zero-order chi connectivity index (χ0) is 17.3. The van der Waals surface area contributed by atoms with Crippen molar-refractivity contribution in [2.45, 2.75) is 51.7 Å². The number of anilines is 1. The number of nitrogens with one attached hydrogen (secondary N) is 1. The van der Waals surface area contributed by atoms with E-state index in [1.54, 1.807) is 11.3 Å². The molecular weight excluding hydrogens is 344 g/mol. The highest BCUT2D eigenvalue weighted by Gasteiger charge is 2.29. The fourth-order valence-electron chi connectivity index (χ4n) is 3.49. The van der Waals surface area contributed by atoms with Gasteiger partial charge in [-0.05, 0) is 57.3 Å². The summed E-state index contributed by atoms with van der Waals surface area (Å²) in [4.78, 5) is 15.7. The molecule has 0 spiro atoms. The molecule has 132 valence electrons. The molecule has 0 bridgehead atoms. The molecule has 1 saturated heterocycles. The van der Waals surface area contributed by atoms with Crippen molar-refractivity contribution in [3.8, 4) is 0 Å². The highest BCUT2D eigenvalue weighted by Crippen LogP contribution is 2.38. The third kappa shape index (κ3) is 3.58. The first-order valence-corrected chi connectivity index (χ1v) is 9.66. The normalized spacial score (nSPS) is 23.5. The van der Waals surface area contributed by atoms with Crippen LogP contribution in [0, 0.1) is 0 Å². The molecule has 1 aliphatic heterocycles. The van der Waals surface area contributed by atoms with Crippen LogP contribution in [0.5, 0.6) is 0 Å². The number of nitrogens with zero attached hydrogens (tertiary/aromatic N) is 1. The lowest BCUT2D eigenvalue weighted by Gasteiger charge is -2.36. The Hall–Kier alpha value is -1.18. The van der Waals surface area contributed by atoms with Gasteiger partial charge in [-0.2, -0.15) is 0 Å². The summed E-state index contributed by atoms with van der Waals surface area (Å²) in [5, 5.41) is 4.79. The highest BCUT2D eigenvalue weighted by atomic mass is 32.1. The first-order valence-electron chi connectivity index (χ1n) is 8.43. The maximum atomic E-state index is 12.3. The van der Waals surface area contributed by atoms with Crippen LogP contribution in [-0.4, -0.2) is 48.4 Å². The Balaban J connectivity index is 1.82. The largest absolute Gasteiger partial charge is 0.465 e. The predicted octanol–water partition coefficient (Wildman–Crippen LogP) is 3.22. The number of methoxy groups -OCH3 is 1. The maximum absolute atomic E-state index is 12.3. The second-order valence-electron chi connectivity index (χ2n) is 6.50. The lowest BCUT2D eigenvalue weighted by Crippen LogP contribution is -2.49. The summed E-state index contributed by atoms with van der Waals surface area (Å²) in [5.41, 5.74) is 1.82. The van der Waals surface area contributed by atoms with Gasteiger partial charge in [0.15, 0.2) is 5.11 Å². The predicted molar refractivity (Wildman–Crippen MR) is 100 cm³/mol. The average Bonchev–Trinajstić information content (AvgIpc) is 2.91. The smallest absolute Gasteiger partial charge is 0.341 e. The number of hydrogen-bond acceptors (Lipinski definition) is 5. The van der Waals surface area contributed by atoms with E-state index in [1.807, 2.05) is 0 Å². The monoisotopic (exact) mass is 368 g/mol. The number of esters is 1. The summed E-state index contributed by atoms with van der Waals surface area (Å²) in [6, 6.07) is 0. The fourth-order valence-corrected chi connectivity index (χ4v) is 5.08. The third-order valence-electron chi connectivity index (χ3n) is 4.49.